The number of methoxy groups -OCH3 is 1. The van der Waals surface area contributed by atoms with Gasteiger partial charge in [-0.25, -0.2) is 0 Å². The molecule has 0 bridgehead atoms. The van der Waals surface area contributed by atoms with Gasteiger partial charge in [-0.1, -0.05) is 13.0 Å². The van der Waals surface area contributed by atoms with Crippen LogP contribution < -0.4 is 15.4 Å². The molecule has 1 rings (SSSR count). The number of nitrogens with zero attached hydrogens (tertiary/aromatic N) is 1. The first kappa shape index (κ1) is 15.8. The molecular formula is C15H26N2O2. The summed E-state index contributed by atoms with van der Waals surface area (Å²) in [5.41, 5.74) is 6.76. The molecule has 0 saturated heterocycles. The molecule has 4 nitrogen and oxygen atoms in total. The maximum absolute atomic E-state index is 5.60. The molecule has 0 heterocycles. The molecule has 0 unspecified atom stereocenters. The highest BCUT2D eigenvalue weighted by molar-refractivity contribution is 5.50. The third kappa shape index (κ3) is 5.94. The fourth-order valence-corrected chi connectivity index (χ4v) is 1.88. The summed E-state index contributed by atoms with van der Waals surface area (Å²) in [7, 11) is 1.69. The molecule has 108 valence electrons. The average Bonchev–Trinajstić information content (AvgIpc) is 2.46. The van der Waals surface area contributed by atoms with Crippen molar-refractivity contribution in [1.29, 1.82) is 0 Å². The molecule has 0 spiro atoms. The molecule has 0 aliphatic heterocycles. The van der Waals surface area contributed by atoms with Crippen molar-refractivity contribution in [3.05, 3.63) is 24.3 Å². The van der Waals surface area contributed by atoms with Crippen molar-refractivity contribution in [2.24, 2.45) is 5.73 Å². The van der Waals surface area contributed by atoms with Crippen molar-refractivity contribution in [2.75, 3.05) is 44.9 Å². The summed E-state index contributed by atoms with van der Waals surface area (Å²) in [4.78, 5) is 2.30. The Bertz CT molecular complexity index is 345. The third-order valence-corrected chi connectivity index (χ3v) is 2.90. The van der Waals surface area contributed by atoms with Gasteiger partial charge in [0.05, 0.1) is 13.7 Å². The van der Waals surface area contributed by atoms with Crippen LogP contribution in [-0.2, 0) is 4.74 Å². The second-order valence-electron chi connectivity index (χ2n) is 4.44. The van der Waals surface area contributed by atoms with Crippen molar-refractivity contribution in [3.8, 4) is 5.75 Å². The predicted molar refractivity (Wildman–Crippen MR) is 80.0 cm³/mol. The molecule has 0 radical (unpaired) electrons. The van der Waals surface area contributed by atoms with E-state index in [0.29, 0.717) is 6.54 Å². The van der Waals surface area contributed by atoms with Gasteiger partial charge < -0.3 is 20.1 Å². The van der Waals surface area contributed by atoms with E-state index in [4.69, 9.17) is 15.2 Å². The molecule has 0 aliphatic carbocycles. The molecule has 0 aliphatic rings. The topological polar surface area (TPSA) is 47.7 Å². The minimum absolute atomic E-state index is 0.705. The Morgan fingerprint density at radius 2 is 2.05 bits per heavy atom. The Labute approximate surface area is 116 Å². The van der Waals surface area contributed by atoms with Gasteiger partial charge in [0.2, 0.25) is 0 Å². The highest BCUT2D eigenvalue weighted by atomic mass is 16.5. The summed E-state index contributed by atoms with van der Waals surface area (Å²) in [6.45, 7) is 6.22. The van der Waals surface area contributed by atoms with Crippen molar-refractivity contribution in [1.82, 2.24) is 0 Å². The standard InChI is InChI=1S/C15H26N2O2/c1-3-11-19-12-10-17(9-5-8-16)14-6-4-7-15(13-14)18-2/h4,6-7,13H,3,5,8-12,16H2,1-2H3. The van der Waals surface area contributed by atoms with Crippen LogP contribution >= 0.6 is 0 Å². The van der Waals surface area contributed by atoms with Gasteiger partial charge in [-0.05, 0) is 31.5 Å². The largest absolute Gasteiger partial charge is 0.497 e. The van der Waals surface area contributed by atoms with E-state index in [1.807, 2.05) is 12.1 Å². The molecule has 1 aromatic carbocycles. The lowest BCUT2D eigenvalue weighted by atomic mass is 10.2. The second kappa shape index (κ2) is 9.64. The predicted octanol–water partition coefficient (Wildman–Crippen LogP) is 2.28. The van der Waals surface area contributed by atoms with Gasteiger partial charge in [0.15, 0.2) is 0 Å². The van der Waals surface area contributed by atoms with Gasteiger partial charge in [0.1, 0.15) is 5.75 Å². The lowest BCUT2D eigenvalue weighted by molar-refractivity contribution is 0.140. The number of benzene rings is 1. The van der Waals surface area contributed by atoms with Crippen LogP contribution in [0, 0.1) is 0 Å². The van der Waals surface area contributed by atoms with Crippen LogP contribution in [0.4, 0.5) is 5.69 Å². The molecule has 0 fully saturated rings. The van der Waals surface area contributed by atoms with Crippen molar-refractivity contribution in [2.45, 2.75) is 19.8 Å². The third-order valence-electron chi connectivity index (χ3n) is 2.90. The Hall–Kier alpha value is -1.26. The molecule has 0 atom stereocenters. The van der Waals surface area contributed by atoms with Gasteiger partial charge in [0.25, 0.3) is 0 Å². The SMILES string of the molecule is CCCOCCN(CCCN)c1cccc(OC)c1. The molecule has 2 N–H and O–H groups in total. The normalized spacial score (nSPS) is 10.5. The molecule has 4 heteroatoms. The summed E-state index contributed by atoms with van der Waals surface area (Å²) in [6.07, 6.45) is 2.03. The van der Waals surface area contributed by atoms with Crippen LogP contribution in [0.15, 0.2) is 24.3 Å². The maximum Gasteiger partial charge on any atom is 0.120 e. The lowest BCUT2D eigenvalue weighted by Gasteiger charge is -2.25. The Morgan fingerprint density at radius 3 is 2.74 bits per heavy atom. The van der Waals surface area contributed by atoms with Crippen LogP contribution in [0.1, 0.15) is 19.8 Å². The van der Waals surface area contributed by atoms with Crippen LogP contribution in [0.3, 0.4) is 0 Å². The quantitative estimate of drug-likeness (QED) is 0.660. The second-order valence-corrected chi connectivity index (χ2v) is 4.44. The number of nitrogens with two attached hydrogens (primary N) is 1. The van der Waals surface area contributed by atoms with E-state index >= 15 is 0 Å². The molecule has 1 aromatic rings. The van der Waals surface area contributed by atoms with E-state index in [-0.39, 0.29) is 0 Å². The first-order chi connectivity index (χ1) is 9.31. The molecular weight excluding hydrogens is 240 g/mol. The zero-order valence-electron chi connectivity index (χ0n) is 12.1. The number of hydrogen-bond donors (Lipinski definition) is 1. The molecule has 0 amide bonds. The zero-order chi connectivity index (χ0) is 13.9. The van der Waals surface area contributed by atoms with E-state index in [1.54, 1.807) is 7.11 Å². The fraction of sp³-hybridized carbons (Fsp3) is 0.600. The van der Waals surface area contributed by atoms with E-state index in [1.165, 1.54) is 0 Å². The van der Waals surface area contributed by atoms with E-state index < -0.39 is 0 Å². The van der Waals surface area contributed by atoms with Crippen molar-refractivity contribution < 1.29 is 9.47 Å². The molecule has 0 aromatic heterocycles. The smallest absolute Gasteiger partial charge is 0.120 e. The van der Waals surface area contributed by atoms with Crippen LogP contribution in [0.2, 0.25) is 0 Å². The number of ether oxygens (including phenoxy) is 2. The maximum atomic E-state index is 5.60. The average molecular weight is 266 g/mol. The summed E-state index contributed by atoms with van der Waals surface area (Å²) >= 11 is 0. The van der Waals surface area contributed by atoms with Gasteiger partial charge in [0, 0.05) is 31.5 Å². The number of rotatable bonds is 10. The molecule has 19 heavy (non-hydrogen) atoms. The Morgan fingerprint density at radius 1 is 1.21 bits per heavy atom. The lowest BCUT2D eigenvalue weighted by Crippen LogP contribution is -2.29. The highest BCUT2D eigenvalue weighted by Crippen LogP contribution is 2.20. The highest BCUT2D eigenvalue weighted by Gasteiger charge is 2.07. The Kier molecular flexibility index (Phi) is 8.02. The minimum atomic E-state index is 0.705. The monoisotopic (exact) mass is 266 g/mol. The minimum Gasteiger partial charge on any atom is -0.497 e. The molecule has 0 saturated carbocycles. The van der Waals surface area contributed by atoms with Gasteiger partial charge in [-0.15, -0.1) is 0 Å². The summed E-state index contributed by atoms with van der Waals surface area (Å²) in [5, 5.41) is 0. The Balaban J connectivity index is 2.60. The first-order valence-electron chi connectivity index (χ1n) is 6.98. The summed E-state index contributed by atoms with van der Waals surface area (Å²) in [5.74, 6) is 0.879. The zero-order valence-corrected chi connectivity index (χ0v) is 12.1. The van der Waals surface area contributed by atoms with Gasteiger partial charge in [-0.2, -0.15) is 0 Å². The number of anilines is 1. The summed E-state index contributed by atoms with van der Waals surface area (Å²) < 4.78 is 10.8. The summed E-state index contributed by atoms with van der Waals surface area (Å²) in [6, 6.07) is 8.11. The van der Waals surface area contributed by atoms with Crippen molar-refractivity contribution in [3.63, 3.8) is 0 Å². The number of hydrogen-bond acceptors (Lipinski definition) is 4. The van der Waals surface area contributed by atoms with E-state index in [2.05, 4.69) is 24.0 Å². The first-order valence-corrected chi connectivity index (χ1v) is 6.98. The van der Waals surface area contributed by atoms with E-state index in [0.717, 1.165) is 50.6 Å². The van der Waals surface area contributed by atoms with Gasteiger partial charge in [-0.3, -0.25) is 0 Å². The van der Waals surface area contributed by atoms with Crippen LogP contribution in [0.25, 0.3) is 0 Å². The van der Waals surface area contributed by atoms with E-state index in [9.17, 15) is 0 Å². The van der Waals surface area contributed by atoms with Crippen molar-refractivity contribution >= 4 is 5.69 Å². The van der Waals surface area contributed by atoms with Crippen LogP contribution in [0.5, 0.6) is 5.75 Å². The van der Waals surface area contributed by atoms with Gasteiger partial charge >= 0.3 is 0 Å². The fourth-order valence-electron chi connectivity index (χ4n) is 1.88. The van der Waals surface area contributed by atoms with Crippen LogP contribution in [-0.4, -0.2) is 40.0 Å².